The molecule has 1 saturated carbocycles. The minimum absolute atomic E-state index is 0.0950. The van der Waals surface area contributed by atoms with Gasteiger partial charge in [0.15, 0.2) is 17.4 Å². The molecule has 86 heavy (non-hydrogen) atoms. The average molecular weight is 1190 g/mol. The number of hydrogen-bond donors (Lipinski definition) is 4. The molecule has 13 rings (SSSR count). The number of nitrogens with two attached hydrogens (primary N) is 1. The number of carbonyl (C=O) groups is 2. The summed E-state index contributed by atoms with van der Waals surface area (Å²) in [5.74, 6) is 2.73. The first-order valence-electron chi connectivity index (χ1n) is 31.7. The van der Waals surface area contributed by atoms with Gasteiger partial charge in [-0.1, -0.05) is 55.4 Å². The zero-order valence-corrected chi connectivity index (χ0v) is 51.2. The molecular weight excluding hydrogens is 1100 g/mol. The van der Waals surface area contributed by atoms with E-state index in [9.17, 15) is 19.8 Å². The topological polar surface area (TPSA) is 219 Å². The summed E-state index contributed by atoms with van der Waals surface area (Å²) in [6.45, 7) is 18.3. The number of amides is 2. The van der Waals surface area contributed by atoms with Crippen LogP contribution in [-0.2, 0) is 9.59 Å². The quantitative estimate of drug-likeness (QED) is 0.0670. The molecule has 2 unspecified atom stereocenters. The molecule has 10 heterocycles. The fourth-order valence-electron chi connectivity index (χ4n) is 15.7. The van der Waals surface area contributed by atoms with Gasteiger partial charge in [0.2, 0.25) is 17.7 Å². The van der Waals surface area contributed by atoms with Crippen molar-refractivity contribution < 1.29 is 29.1 Å². The number of phenolic OH excluding ortho intramolecular Hbond substituents is 1. The number of benzene rings is 2. The monoisotopic (exact) mass is 1190 g/mol. The van der Waals surface area contributed by atoms with Crippen LogP contribution in [0, 0.1) is 30.1 Å². The zero-order chi connectivity index (χ0) is 59.2. The van der Waals surface area contributed by atoms with Crippen LogP contribution in [0.5, 0.6) is 11.6 Å². The molecule has 2 amide bonds. The van der Waals surface area contributed by atoms with Crippen LogP contribution in [0.2, 0.25) is 0 Å². The number of likely N-dealkylation sites (tertiary alicyclic amines) is 3. The molecule has 7 fully saturated rings. The minimum atomic E-state index is -0.794. The van der Waals surface area contributed by atoms with E-state index in [4.69, 9.17) is 20.0 Å². The highest BCUT2D eigenvalue weighted by atomic mass is 32.1. The summed E-state index contributed by atoms with van der Waals surface area (Å²) >= 11 is 1.61. The molecule has 6 atom stereocenters. The van der Waals surface area contributed by atoms with Crippen molar-refractivity contribution in [1.29, 1.82) is 0 Å². The number of anilines is 4. The fourth-order valence-corrected chi connectivity index (χ4v) is 16.5. The van der Waals surface area contributed by atoms with Gasteiger partial charge >= 0.3 is 0 Å². The molecule has 1 aliphatic carbocycles. The Hall–Kier alpha value is -6.87. The van der Waals surface area contributed by atoms with Gasteiger partial charge in [0.05, 0.1) is 39.6 Å². The number of nitrogens with one attached hydrogen (secondary N) is 1. The largest absolute Gasteiger partial charge is 0.507 e. The van der Waals surface area contributed by atoms with Crippen molar-refractivity contribution in [2.24, 2.45) is 23.2 Å². The summed E-state index contributed by atoms with van der Waals surface area (Å²) in [5, 5.41) is 37.6. The first kappa shape index (κ1) is 58.2. The maximum Gasteiger partial charge on any atom is 0.243 e. The van der Waals surface area contributed by atoms with Gasteiger partial charge in [0.1, 0.15) is 23.8 Å². The summed E-state index contributed by atoms with van der Waals surface area (Å²) in [6, 6.07) is 23.1. The Bertz CT molecular complexity index is 3310. The van der Waals surface area contributed by atoms with Gasteiger partial charge in [-0.25, -0.2) is 9.97 Å². The molecular formula is C66H85N13O6S. The van der Waals surface area contributed by atoms with Gasteiger partial charge in [0, 0.05) is 107 Å². The van der Waals surface area contributed by atoms with Gasteiger partial charge in [-0.3, -0.25) is 9.59 Å². The SMILES string of the molecule is Cc1ncsc1-c1ccc([C@H](C)NC(=O)[C@@H]2C[C@@H](O)CN2C(=O)[C@@H](c2cc(N3CCC(CN4CCC5(CC4)CC(CN4CCC(Oc6cc(N7C8CCC7CN(c7cc(-c9ccccc9O)nnc7N)C8)ccn6)CC4)C5)CC3)no2)C(C)C)cc1. The van der Waals surface area contributed by atoms with Crippen LogP contribution < -0.4 is 30.5 Å². The number of piperazine rings is 1. The molecule has 2 aromatic carbocycles. The van der Waals surface area contributed by atoms with E-state index in [1.54, 1.807) is 28.4 Å². The van der Waals surface area contributed by atoms with Crippen LogP contribution in [0.15, 0.2) is 89.0 Å². The number of aromatic hydroxyl groups is 1. The van der Waals surface area contributed by atoms with Crippen molar-refractivity contribution in [3.8, 4) is 33.3 Å². The smallest absolute Gasteiger partial charge is 0.243 e. The number of β-amino-alcohol motifs (C(OH)–C–C–N with tert-alkyl or cyclic N) is 1. The maximum absolute atomic E-state index is 14.4. The molecule has 456 valence electrons. The summed E-state index contributed by atoms with van der Waals surface area (Å²) in [5.41, 5.74) is 15.1. The summed E-state index contributed by atoms with van der Waals surface area (Å²) in [6.07, 6.45) is 13.2. The van der Waals surface area contributed by atoms with Crippen molar-refractivity contribution in [3.63, 3.8) is 0 Å². The number of aliphatic hydroxyl groups excluding tert-OH is 1. The van der Waals surface area contributed by atoms with E-state index in [1.807, 2.05) is 75.8 Å². The third-order valence-electron chi connectivity index (χ3n) is 20.4. The molecule has 5 N–H and O–H groups in total. The van der Waals surface area contributed by atoms with E-state index < -0.39 is 18.1 Å². The van der Waals surface area contributed by atoms with Crippen molar-refractivity contribution in [1.82, 2.24) is 45.3 Å². The maximum atomic E-state index is 14.4. The molecule has 2 bridgehead atoms. The van der Waals surface area contributed by atoms with E-state index in [2.05, 4.69) is 74.4 Å². The van der Waals surface area contributed by atoms with Crippen molar-refractivity contribution >= 4 is 46.2 Å². The number of hydrogen-bond acceptors (Lipinski definition) is 18. The number of rotatable bonds is 17. The zero-order valence-electron chi connectivity index (χ0n) is 50.3. The lowest BCUT2D eigenvalue weighted by Gasteiger charge is -2.54. The number of ether oxygens (including phenoxy) is 1. The Labute approximate surface area is 509 Å². The predicted molar refractivity (Wildman–Crippen MR) is 334 cm³/mol. The van der Waals surface area contributed by atoms with E-state index in [0.29, 0.717) is 46.3 Å². The van der Waals surface area contributed by atoms with Crippen LogP contribution in [0.1, 0.15) is 120 Å². The number of carbonyl (C=O) groups excluding carboxylic acids is 2. The van der Waals surface area contributed by atoms with Crippen LogP contribution in [-0.4, -0.2) is 164 Å². The molecule has 7 aliphatic rings. The highest BCUT2D eigenvalue weighted by molar-refractivity contribution is 7.13. The molecule has 19 nitrogen and oxygen atoms in total. The van der Waals surface area contributed by atoms with Gasteiger partial charge in [-0.05, 0) is 150 Å². The van der Waals surface area contributed by atoms with Gasteiger partial charge < -0.3 is 59.9 Å². The molecule has 6 aromatic rings. The Balaban J connectivity index is 0.522. The second-order valence-corrected chi connectivity index (χ2v) is 27.4. The van der Waals surface area contributed by atoms with Gasteiger partial charge in [0.25, 0.3) is 0 Å². The fraction of sp³-hybridized carbons (Fsp3) is 0.561. The normalized spacial score (nSPS) is 23.9. The first-order valence-corrected chi connectivity index (χ1v) is 32.6. The molecule has 4 aromatic heterocycles. The number of fused-ring (bicyclic) bond motifs is 2. The van der Waals surface area contributed by atoms with Gasteiger partial charge in [-0.15, -0.1) is 21.5 Å². The van der Waals surface area contributed by atoms with E-state index in [-0.39, 0.29) is 48.6 Å². The van der Waals surface area contributed by atoms with Crippen molar-refractivity contribution in [2.75, 3.05) is 92.4 Å². The number of phenols is 1. The number of para-hydroxylation sites is 1. The average Bonchev–Trinajstić information content (AvgIpc) is 2.34. The van der Waals surface area contributed by atoms with E-state index in [1.165, 1.54) is 51.0 Å². The standard InChI is InChI=1S/C66H85N13O6S/c1-41(2)61(65(83)78-39-51(80)30-56(78)64(82)70-42(3)46-9-11-47(12-10-46)62-43(4)69-40-86-62)58-32-59(73-85-58)76-25-16-44(17-26-76)35-75-27-20-66(21-28-75)33-45(34-66)36-74-23-18-52(19-24-74)84-60-29-48(15-22-68-60)79-49-13-14-50(79)38-77(37-49)55-31-54(71-72-63(55)67)53-7-5-6-8-57(53)81/h5-12,15,22,29,31-32,40-42,44-45,49-52,56,61,80-81H,13-14,16-21,23-28,30,33-39H2,1-4H3,(H2,67,72)(H,70,82)/t42-,49?,50?,51+,56-,61+/m0/s1. The number of pyridine rings is 1. The first-order chi connectivity index (χ1) is 41.7. The number of nitrogens with zero attached hydrogens (tertiary/aromatic N) is 11. The molecule has 0 radical (unpaired) electrons. The Morgan fingerprint density at radius 3 is 2.26 bits per heavy atom. The third-order valence-corrected chi connectivity index (χ3v) is 21.3. The van der Waals surface area contributed by atoms with Gasteiger partial charge in [-0.2, -0.15) is 0 Å². The molecule has 6 saturated heterocycles. The van der Waals surface area contributed by atoms with Crippen LogP contribution in [0.3, 0.4) is 0 Å². The molecule has 1 spiro atoms. The van der Waals surface area contributed by atoms with Crippen LogP contribution in [0.25, 0.3) is 21.7 Å². The lowest BCUT2D eigenvalue weighted by Crippen LogP contribution is -2.54. The third kappa shape index (κ3) is 12.2. The van der Waals surface area contributed by atoms with Crippen LogP contribution in [0.4, 0.5) is 23.0 Å². The van der Waals surface area contributed by atoms with Crippen LogP contribution >= 0.6 is 11.3 Å². The molecule has 6 aliphatic heterocycles. The number of aromatic nitrogens is 5. The number of aliphatic hydroxyl groups is 1. The van der Waals surface area contributed by atoms with Crippen molar-refractivity contribution in [2.45, 2.75) is 141 Å². The second-order valence-electron chi connectivity index (χ2n) is 26.5. The number of nitrogen functional groups attached to an aromatic ring is 1. The second kappa shape index (κ2) is 24.7. The van der Waals surface area contributed by atoms with E-state index in [0.717, 1.165) is 129 Å². The number of aryl methyl sites for hydroxylation is 1. The predicted octanol–water partition coefficient (Wildman–Crippen LogP) is 8.93. The summed E-state index contributed by atoms with van der Waals surface area (Å²) < 4.78 is 12.6. The summed E-state index contributed by atoms with van der Waals surface area (Å²) in [7, 11) is 0. The Morgan fingerprint density at radius 2 is 1.55 bits per heavy atom. The summed E-state index contributed by atoms with van der Waals surface area (Å²) in [4.78, 5) is 52.7. The lowest BCUT2D eigenvalue weighted by molar-refractivity contribution is -0.141. The number of piperidine rings is 3. The lowest BCUT2D eigenvalue weighted by atomic mass is 9.57. The highest BCUT2D eigenvalue weighted by Crippen LogP contribution is 2.53. The highest BCUT2D eigenvalue weighted by Gasteiger charge is 2.48. The van der Waals surface area contributed by atoms with Crippen molar-refractivity contribution in [3.05, 3.63) is 102 Å². The number of thiazole rings is 1. The Kier molecular flexibility index (Phi) is 16.7. The molecule has 20 heteroatoms. The minimum Gasteiger partial charge on any atom is -0.507 e. The Morgan fingerprint density at radius 1 is 0.826 bits per heavy atom. The van der Waals surface area contributed by atoms with E-state index >= 15 is 0 Å².